The van der Waals surface area contributed by atoms with E-state index < -0.39 is 0 Å². The van der Waals surface area contributed by atoms with E-state index in [0.717, 1.165) is 5.57 Å². The Balaban J connectivity index is 2.95. The van der Waals surface area contributed by atoms with Crippen molar-refractivity contribution in [2.75, 3.05) is 0 Å². The molecule has 0 aliphatic heterocycles. The Hall–Kier alpha value is -0.810. The van der Waals surface area contributed by atoms with Crippen molar-refractivity contribution < 1.29 is 0 Å². The quantitative estimate of drug-likeness (QED) is 0.273. The van der Waals surface area contributed by atoms with Crippen LogP contribution >= 0.6 is 12.2 Å². The zero-order chi connectivity index (χ0) is 5.28. The Kier molecular flexibility index (Phi) is 0.844. The highest BCUT2D eigenvalue weighted by atomic mass is 32.1. The smallest absolute Gasteiger partial charge is 0.105 e. The molecule has 2 N–H and O–H groups in total. The summed E-state index contributed by atoms with van der Waals surface area (Å²) in [7, 11) is 0. The summed E-state index contributed by atoms with van der Waals surface area (Å²) >= 11 is 4.68. The van der Waals surface area contributed by atoms with E-state index in [2.05, 4.69) is 24.1 Å². The number of thiocarbonyl (C=S) groups is 1. The number of hydrogen-bond acceptors (Lipinski definition) is 2. The number of nitrogens with two attached hydrogens (primary N) is 1. The molecule has 0 atom stereocenters. The van der Waals surface area contributed by atoms with Crippen LogP contribution in [0.1, 0.15) is 0 Å². The second-order valence-electron chi connectivity index (χ2n) is 1.16. The van der Waals surface area contributed by atoms with Gasteiger partial charge < -0.3 is 5.73 Å². The lowest BCUT2D eigenvalue weighted by atomic mass is 10.1. The third-order valence-electron chi connectivity index (χ3n) is 0.722. The Morgan fingerprint density at radius 3 is 2.29 bits per heavy atom. The van der Waals surface area contributed by atoms with Gasteiger partial charge in [0, 0.05) is 6.20 Å². The predicted octanol–water partition coefficient (Wildman–Crippen LogP) is 0.216. The summed E-state index contributed by atoms with van der Waals surface area (Å²) in [6.07, 6.45) is 1.43. The van der Waals surface area contributed by atoms with E-state index in [4.69, 9.17) is 5.73 Å². The molecule has 0 heterocycles. The van der Waals surface area contributed by atoms with Crippen molar-refractivity contribution in [3.05, 3.63) is 11.8 Å². The van der Waals surface area contributed by atoms with Crippen LogP contribution < -0.4 is 5.73 Å². The lowest BCUT2D eigenvalue weighted by Gasteiger charge is -1.97. The molecule has 0 radical (unpaired) electrons. The lowest BCUT2D eigenvalue weighted by Crippen LogP contribution is -2.04. The molecule has 1 aliphatic rings. The normalized spacial score (nSPS) is 20.6. The molecule has 0 saturated heterocycles. The Bertz CT molecular complexity index is 192. The standard InChI is InChI=1S/C5H3NS/c6-3-4-1-2-5(4)7/h3H,6H2. The third-order valence-corrected chi connectivity index (χ3v) is 1.04. The Morgan fingerprint density at radius 2 is 2.29 bits per heavy atom. The SMILES string of the molecule is NC=C1C#CC1=S. The van der Waals surface area contributed by atoms with E-state index in [-0.39, 0.29) is 0 Å². The molecule has 0 bridgehead atoms. The summed E-state index contributed by atoms with van der Waals surface area (Å²) in [6.45, 7) is 0. The van der Waals surface area contributed by atoms with Crippen LogP contribution in [0.3, 0.4) is 0 Å². The average molecular weight is 109 g/mol. The van der Waals surface area contributed by atoms with Crippen molar-refractivity contribution in [3.63, 3.8) is 0 Å². The average Bonchev–Trinajstić information content (AvgIpc) is 1.65. The molecule has 0 aromatic carbocycles. The monoisotopic (exact) mass is 109 g/mol. The van der Waals surface area contributed by atoms with Crippen LogP contribution in [0.2, 0.25) is 0 Å². The first-order valence-corrected chi connectivity index (χ1v) is 2.23. The summed E-state index contributed by atoms with van der Waals surface area (Å²) in [6, 6.07) is 0. The summed E-state index contributed by atoms with van der Waals surface area (Å²) in [5.41, 5.74) is 5.87. The molecular weight excluding hydrogens is 106 g/mol. The van der Waals surface area contributed by atoms with Gasteiger partial charge in [0.2, 0.25) is 0 Å². The van der Waals surface area contributed by atoms with Crippen LogP contribution in [-0.4, -0.2) is 4.86 Å². The second-order valence-corrected chi connectivity index (χ2v) is 1.57. The fraction of sp³-hybridized carbons (Fsp3) is 0. The van der Waals surface area contributed by atoms with Crippen molar-refractivity contribution >= 4 is 17.1 Å². The van der Waals surface area contributed by atoms with E-state index in [1.807, 2.05) is 0 Å². The summed E-state index contributed by atoms with van der Waals surface area (Å²) in [5, 5.41) is 0. The van der Waals surface area contributed by atoms with Gasteiger partial charge in [0.15, 0.2) is 0 Å². The highest BCUT2D eigenvalue weighted by Gasteiger charge is 2.03. The van der Waals surface area contributed by atoms with Crippen LogP contribution in [0.5, 0.6) is 0 Å². The van der Waals surface area contributed by atoms with Crippen LogP contribution in [0.25, 0.3) is 0 Å². The first-order valence-electron chi connectivity index (χ1n) is 1.83. The van der Waals surface area contributed by atoms with Crippen molar-refractivity contribution in [2.24, 2.45) is 5.73 Å². The molecule has 0 aromatic heterocycles. The van der Waals surface area contributed by atoms with E-state index in [9.17, 15) is 0 Å². The molecule has 2 heteroatoms. The van der Waals surface area contributed by atoms with Crippen LogP contribution in [0.4, 0.5) is 0 Å². The third kappa shape index (κ3) is 0.509. The minimum absolute atomic E-state index is 0.683. The van der Waals surface area contributed by atoms with Crippen LogP contribution in [-0.2, 0) is 0 Å². The van der Waals surface area contributed by atoms with Gasteiger partial charge >= 0.3 is 0 Å². The van der Waals surface area contributed by atoms with Gasteiger partial charge in [-0.1, -0.05) is 18.1 Å². The molecule has 0 aromatic rings. The minimum atomic E-state index is 0.683. The Labute approximate surface area is 47.2 Å². The zero-order valence-electron chi connectivity index (χ0n) is 3.56. The van der Waals surface area contributed by atoms with Gasteiger partial charge in [0.05, 0.1) is 5.57 Å². The highest BCUT2D eigenvalue weighted by molar-refractivity contribution is 7.81. The van der Waals surface area contributed by atoms with Gasteiger partial charge in [-0.2, -0.15) is 0 Å². The zero-order valence-corrected chi connectivity index (χ0v) is 4.38. The van der Waals surface area contributed by atoms with Gasteiger partial charge in [0.25, 0.3) is 0 Å². The highest BCUT2D eigenvalue weighted by Crippen LogP contribution is 2.01. The lowest BCUT2D eigenvalue weighted by molar-refractivity contribution is 1.58. The minimum Gasteiger partial charge on any atom is -0.404 e. The van der Waals surface area contributed by atoms with Crippen molar-refractivity contribution in [1.29, 1.82) is 0 Å². The van der Waals surface area contributed by atoms with E-state index in [1.54, 1.807) is 0 Å². The second kappa shape index (κ2) is 1.36. The predicted molar refractivity (Wildman–Crippen MR) is 32.6 cm³/mol. The Morgan fingerprint density at radius 1 is 1.57 bits per heavy atom. The fourth-order valence-electron chi connectivity index (χ4n) is 0.303. The fourth-order valence-corrected chi connectivity index (χ4v) is 0.473. The summed E-state index contributed by atoms with van der Waals surface area (Å²) in [4.78, 5) is 0.683. The molecule has 0 spiro atoms. The van der Waals surface area contributed by atoms with Crippen LogP contribution in [0.15, 0.2) is 11.8 Å². The maximum absolute atomic E-state index is 5.07. The summed E-state index contributed by atoms with van der Waals surface area (Å²) in [5.74, 6) is 5.33. The molecule has 34 valence electrons. The van der Waals surface area contributed by atoms with Gasteiger partial charge in [-0.25, -0.2) is 0 Å². The molecule has 1 rings (SSSR count). The van der Waals surface area contributed by atoms with Crippen LogP contribution in [0, 0.1) is 11.8 Å². The molecule has 0 fully saturated rings. The molecule has 0 saturated carbocycles. The summed E-state index contributed by atoms with van der Waals surface area (Å²) < 4.78 is 0. The first kappa shape index (κ1) is 4.35. The first-order chi connectivity index (χ1) is 3.34. The van der Waals surface area contributed by atoms with Crippen molar-refractivity contribution in [2.45, 2.75) is 0 Å². The number of allylic oxidation sites excluding steroid dienone is 1. The van der Waals surface area contributed by atoms with E-state index in [1.165, 1.54) is 6.20 Å². The van der Waals surface area contributed by atoms with Gasteiger partial charge in [-0.3, -0.25) is 0 Å². The molecule has 0 unspecified atom stereocenters. The topological polar surface area (TPSA) is 26.0 Å². The maximum Gasteiger partial charge on any atom is 0.105 e. The molecule has 0 amide bonds. The van der Waals surface area contributed by atoms with Gasteiger partial charge in [0.1, 0.15) is 4.86 Å². The largest absolute Gasteiger partial charge is 0.404 e. The van der Waals surface area contributed by atoms with E-state index in [0.29, 0.717) is 4.86 Å². The van der Waals surface area contributed by atoms with E-state index >= 15 is 0 Å². The van der Waals surface area contributed by atoms with Crippen molar-refractivity contribution in [3.8, 4) is 11.8 Å². The van der Waals surface area contributed by atoms with Gasteiger partial charge in [-0.15, -0.1) is 0 Å². The molecular formula is C5H3NS. The molecule has 7 heavy (non-hydrogen) atoms. The van der Waals surface area contributed by atoms with Crippen molar-refractivity contribution in [1.82, 2.24) is 0 Å². The number of rotatable bonds is 0. The maximum atomic E-state index is 5.07. The van der Waals surface area contributed by atoms with Gasteiger partial charge in [-0.05, 0) is 5.92 Å². The molecule has 1 nitrogen and oxygen atoms in total. The number of hydrogen-bond donors (Lipinski definition) is 1. The molecule has 1 aliphatic carbocycles.